The number of aromatic nitrogens is 3. The molecular formula is C18H22N4O2. The van der Waals surface area contributed by atoms with Crippen LogP contribution in [0.2, 0.25) is 0 Å². The zero-order valence-electron chi connectivity index (χ0n) is 14.6. The van der Waals surface area contributed by atoms with E-state index in [9.17, 15) is 4.79 Å². The summed E-state index contributed by atoms with van der Waals surface area (Å²) in [5.74, 6) is 1.17. The summed E-state index contributed by atoms with van der Waals surface area (Å²) in [6.07, 6.45) is 0. The summed E-state index contributed by atoms with van der Waals surface area (Å²) >= 11 is 0. The van der Waals surface area contributed by atoms with Gasteiger partial charge in [-0.25, -0.2) is 4.98 Å². The third-order valence-electron chi connectivity index (χ3n) is 4.13. The van der Waals surface area contributed by atoms with Crippen LogP contribution in [0.1, 0.15) is 60.5 Å². The van der Waals surface area contributed by atoms with Crippen molar-refractivity contribution in [3.8, 4) is 0 Å². The van der Waals surface area contributed by atoms with Crippen molar-refractivity contribution in [3.05, 3.63) is 47.1 Å². The van der Waals surface area contributed by atoms with Gasteiger partial charge in [-0.1, -0.05) is 17.3 Å². The summed E-state index contributed by atoms with van der Waals surface area (Å²) in [6.45, 7) is 9.67. The molecule has 0 saturated heterocycles. The molecule has 0 fully saturated rings. The molecule has 0 aliphatic carbocycles. The number of rotatable bonds is 4. The number of para-hydroxylation sites is 2. The lowest BCUT2D eigenvalue weighted by Crippen LogP contribution is -2.29. The van der Waals surface area contributed by atoms with Crippen LogP contribution in [0.3, 0.4) is 0 Å². The Balaban J connectivity index is 1.96. The molecule has 3 aromatic rings. The fraction of sp³-hybridized carbons (Fsp3) is 0.389. The molecule has 0 saturated carbocycles. The molecule has 1 aromatic carbocycles. The molecule has 0 unspecified atom stereocenters. The van der Waals surface area contributed by atoms with Gasteiger partial charge >= 0.3 is 0 Å². The van der Waals surface area contributed by atoms with Crippen molar-refractivity contribution in [1.82, 2.24) is 20.0 Å². The molecule has 1 atom stereocenters. The Labute approximate surface area is 140 Å². The molecule has 0 bridgehead atoms. The van der Waals surface area contributed by atoms with E-state index in [1.54, 1.807) is 13.8 Å². The summed E-state index contributed by atoms with van der Waals surface area (Å²) in [6, 6.07) is 8.01. The molecule has 0 aliphatic heterocycles. The zero-order valence-corrected chi connectivity index (χ0v) is 14.6. The minimum absolute atomic E-state index is 0.193. The minimum atomic E-state index is -0.235. The van der Waals surface area contributed by atoms with Crippen LogP contribution in [-0.4, -0.2) is 20.6 Å². The van der Waals surface area contributed by atoms with E-state index in [0.29, 0.717) is 17.0 Å². The van der Waals surface area contributed by atoms with Crippen molar-refractivity contribution in [1.29, 1.82) is 0 Å². The summed E-state index contributed by atoms with van der Waals surface area (Å²) in [5.41, 5.74) is 3.09. The molecule has 0 spiro atoms. The third kappa shape index (κ3) is 2.68. The predicted molar refractivity (Wildman–Crippen MR) is 92.0 cm³/mol. The molecule has 0 aliphatic rings. The normalized spacial score (nSPS) is 12.8. The van der Waals surface area contributed by atoms with Crippen LogP contribution < -0.4 is 5.32 Å². The SMILES string of the molecule is Cc1noc(C)c1C(=O)N[C@@H](C)c1nc2ccccc2n1C(C)C. The summed E-state index contributed by atoms with van der Waals surface area (Å²) in [4.78, 5) is 17.3. The van der Waals surface area contributed by atoms with Gasteiger partial charge in [0.2, 0.25) is 0 Å². The second-order valence-electron chi connectivity index (χ2n) is 6.32. The number of imidazole rings is 1. The van der Waals surface area contributed by atoms with Crippen LogP contribution in [0, 0.1) is 13.8 Å². The smallest absolute Gasteiger partial charge is 0.257 e. The van der Waals surface area contributed by atoms with Crippen molar-refractivity contribution < 1.29 is 9.32 Å². The lowest BCUT2D eigenvalue weighted by Gasteiger charge is -2.18. The highest BCUT2D eigenvalue weighted by Crippen LogP contribution is 2.25. The largest absolute Gasteiger partial charge is 0.361 e. The van der Waals surface area contributed by atoms with Crippen LogP contribution in [0.15, 0.2) is 28.8 Å². The average Bonchev–Trinajstić information content (AvgIpc) is 3.07. The Hall–Kier alpha value is -2.63. The van der Waals surface area contributed by atoms with E-state index in [0.717, 1.165) is 16.9 Å². The number of hydrogen-bond donors (Lipinski definition) is 1. The molecule has 2 heterocycles. The molecule has 2 aromatic heterocycles. The number of carbonyl (C=O) groups is 1. The number of nitrogens with zero attached hydrogens (tertiary/aromatic N) is 3. The van der Waals surface area contributed by atoms with Crippen LogP contribution in [0.4, 0.5) is 0 Å². The van der Waals surface area contributed by atoms with Gasteiger partial charge in [0.25, 0.3) is 5.91 Å². The number of hydrogen-bond acceptors (Lipinski definition) is 4. The van der Waals surface area contributed by atoms with E-state index < -0.39 is 0 Å². The molecule has 126 valence electrons. The molecule has 1 N–H and O–H groups in total. The number of nitrogens with one attached hydrogen (secondary N) is 1. The van der Waals surface area contributed by atoms with E-state index in [4.69, 9.17) is 9.51 Å². The molecule has 6 nitrogen and oxygen atoms in total. The molecular weight excluding hydrogens is 304 g/mol. The second-order valence-corrected chi connectivity index (χ2v) is 6.32. The van der Waals surface area contributed by atoms with Gasteiger partial charge < -0.3 is 14.4 Å². The van der Waals surface area contributed by atoms with Crippen molar-refractivity contribution in [2.75, 3.05) is 0 Å². The van der Waals surface area contributed by atoms with Gasteiger partial charge in [-0.05, 0) is 46.8 Å². The maximum Gasteiger partial charge on any atom is 0.257 e. The maximum atomic E-state index is 12.6. The number of carbonyl (C=O) groups excluding carboxylic acids is 1. The van der Waals surface area contributed by atoms with Gasteiger partial charge in [0.05, 0.1) is 22.8 Å². The van der Waals surface area contributed by atoms with E-state index in [1.165, 1.54) is 0 Å². The zero-order chi connectivity index (χ0) is 17.4. The lowest BCUT2D eigenvalue weighted by molar-refractivity contribution is 0.0935. The van der Waals surface area contributed by atoms with E-state index in [-0.39, 0.29) is 18.0 Å². The number of amides is 1. The third-order valence-corrected chi connectivity index (χ3v) is 4.13. The molecule has 0 radical (unpaired) electrons. The van der Waals surface area contributed by atoms with Gasteiger partial charge in [0.15, 0.2) is 0 Å². The minimum Gasteiger partial charge on any atom is -0.361 e. The number of benzene rings is 1. The number of aryl methyl sites for hydroxylation is 2. The first-order valence-electron chi connectivity index (χ1n) is 8.10. The van der Waals surface area contributed by atoms with E-state index in [2.05, 4.69) is 35.0 Å². The predicted octanol–water partition coefficient (Wildman–Crippen LogP) is 3.71. The Bertz CT molecular complexity index is 872. The maximum absolute atomic E-state index is 12.6. The Kier molecular flexibility index (Phi) is 4.13. The Morgan fingerprint density at radius 2 is 1.92 bits per heavy atom. The van der Waals surface area contributed by atoms with Crippen LogP contribution in [0.5, 0.6) is 0 Å². The number of fused-ring (bicyclic) bond motifs is 1. The molecule has 1 amide bonds. The monoisotopic (exact) mass is 326 g/mol. The van der Waals surface area contributed by atoms with Gasteiger partial charge in [-0.3, -0.25) is 4.79 Å². The molecule has 6 heteroatoms. The average molecular weight is 326 g/mol. The van der Waals surface area contributed by atoms with Crippen LogP contribution in [-0.2, 0) is 0 Å². The van der Waals surface area contributed by atoms with Gasteiger partial charge in [0.1, 0.15) is 17.1 Å². The Morgan fingerprint density at radius 3 is 2.54 bits per heavy atom. The van der Waals surface area contributed by atoms with Crippen molar-refractivity contribution >= 4 is 16.9 Å². The molecule has 24 heavy (non-hydrogen) atoms. The van der Waals surface area contributed by atoms with Crippen molar-refractivity contribution in [2.24, 2.45) is 0 Å². The highest BCUT2D eigenvalue weighted by atomic mass is 16.5. The quantitative estimate of drug-likeness (QED) is 0.793. The fourth-order valence-corrected chi connectivity index (χ4v) is 3.05. The second kappa shape index (κ2) is 6.11. The first-order chi connectivity index (χ1) is 11.4. The van der Waals surface area contributed by atoms with Gasteiger partial charge in [-0.15, -0.1) is 0 Å². The van der Waals surface area contributed by atoms with Gasteiger partial charge in [-0.2, -0.15) is 0 Å². The lowest BCUT2D eigenvalue weighted by atomic mass is 10.1. The van der Waals surface area contributed by atoms with E-state index in [1.807, 2.05) is 25.1 Å². The van der Waals surface area contributed by atoms with Crippen molar-refractivity contribution in [3.63, 3.8) is 0 Å². The Morgan fingerprint density at radius 1 is 1.21 bits per heavy atom. The topological polar surface area (TPSA) is 73.0 Å². The van der Waals surface area contributed by atoms with Crippen molar-refractivity contribution in [2.45, 2.75) is 46.7 Å². The van der Waals surface area contributed by atoms with E-state index >= 15 is 0 Å². The molecule has 3 rings (SSSR count). The standard InChI is InChI=1S/C18H22N4O2/c1-10(2)22-15-9-7-6-8-14(15)20-17(22)12(4)19-18(23)16-11(3)21-24-13(16)5/h6-10,12H,1-5H3,(H,19,23)/t12-/m0/s1. The summed E-state index contributed by atoms with van der Waals surface area (Å²) in [5, 5.41) is 6.86. The fourth-order valence-electron chi connectivity index (χ4n) is 3.05. The summed E-state index contributed by atoms with van der Waals surface area (Å²) < 4.78 is 7.24. The summed E-state index contributed by atoms with van der Waals surface area (Å²) in [7, 11) is 0. The first kappa shape index (κ1) is 16.2. The highest BCUT2D eigenvalue weighted by molar-refractivity contribution is 5.96. The van der Waals surface area contributed by atoms with Crippen LogP contribution in [0.25, 0.3) is 11.0 Å². The first-order valence-corrected chi connectivity index (χ1v) is 8.10. The van der Waals surface area contributed by atoms with Crippen LogP contribution >= 0.6 is 0 Å². The highest BCUT2D eigenvalue weighted by Gasteiger charge is 2.23. The van der Waals surface area contributed by atoms with Gasteiger partial charge in [0, 0.05) is 6.04 Å².